The Morgan fingerprint density at radius 2 is 1.65 bits per heavy atom. The van der Waals surface area contributed by atoms with Gasteiger partial charge in [-0.2, -0.15) is 0 Å². The van der Waals surface area contributed by atoms with Crippen molar-refractivity contribution in [3.8, 4) is 0 Å². The molecular weight excluding hydrogens is 332 g/mol. The second-order valence-corrected chi connectivity index (χ2v) is 7.55. The van der Waals surface area contributed by atoms with Crippen LogP contribution in [0.2, 0.25) is 0 Å². The minimum atomic E-state index is -1.07. The van der Waals surface area contributed by atoms with Gasteiger partial charge in [0.2, 0.25) is 0 Å². The fourth-order valence-electron chi connectivity index (χ4n) is 2.48. The molecule has 3 amide bonds. The molecule has 0 aliphatic carbocycles. The van der Waals surface area contributed by atoms with Gasteiger partial charge in [-0.1, -0.05) is 50.6 Å². The van der Waals surface area contributed by atoms with E-state index in [4.69, 9.17) is 4.74 Å². The molecule has 1 aromatic rings. The second kappa shape index (κ2) is 9.36. The molecule has 0 saturated carbocycles. The highest BCUT2D eigenvalue weighted by Crippen LogP contribution is 2.28. The Kier molecular flexibility index (Phi) is 7.80. The van der Waals surface area contributed by atoms with Crippen LogP contribution in [0.5, 0.6) is 0 Å². The zero-order chi connectivity index (χ0) is 19.9. The summed E-state index contributed by atoms with van der Waals surface area (Å²) in [6.07, 6.45) is -0.271. The molecule has 0 saturated heterocycles. The van der Waals surface area contributed by atoms with Crippen molar-refractivity contribution in [3.05, 3.63) is 35.9 Å². The SMILES string of the molecule is CC[C@H](C)[C@H](C(=O)O[C@@H](C)C(=O)NC(=O)NC(C)(C)C)c1ccccc1. The van der Waals surface area contributed by atoms with Crippen LogP contribution in [-0.4, -0.2) is 29.6 Å². The molecule has 26 heavy (non-hydrogen) atoms. The van der Waals surface area contributed by atoms with Crippen molar-refractivity contribution in [2.45, 2.75) is 65.5 Å². The van der Waals surface area contributed by atoms with Crippen LogP contribution in [0.3, 0.4) is 0 Å². The molecule has 3 atom stereocenters. The molecule has 0 aliphatic rings. The number of hydrogen-bond donors (Lipinski definition) is 2. The lowest BCUT2D eigenvalue weighted by atomic mass is 9.85. The summed E-state index contributed by atoms with van der Waals surface area (Å²) in [6.45, 7) is 10.8. The first kappa shape index (κ1) is 21.7. The lowest BCUT2D eigenvalue weighted by Gasteiger charge is -2.24. The molecule has 2 N–H and O–H groups in total. The smallest absolute Gasteiger partial charge is 0.321 e. The van der Waals surface area contributed by atoms with Crippen molar-refractivity contribution < 1.29 is 19.1 Å². The quantitative estimate of drug-likeness (QED) is 0.760. The number of ether oxygens (including phenoxy) is 1. The maximum absolute atomic E-state index is 12.7. The molecule has 0 unspecified atom stereocenters. The van der Waals surface area contributed by atoms with Crippen LogP contribution in [0.1, 0.15) is 59.4 Å². The van der Waals surface area contributed by atoms with Crippen LogP contribution in [0, 0.1) is 5.92 Å². The summed E-state index contributed by atoms with van der Waals surface area (Å²) in [4.78, 5) is 36.6. The number of imide groups is 1. The molecule has 0 bridgehead atoms. The van der Waals surface area contributed by atoms with E-state index in [0.29, 0.717) is 0 Å². The van der Waals surface area contributed by atoms with Crippen molar-refractivity contribution in [2.24, 2.45) is 5.92 Å². The number of esters is 1. The molecule has 1 rings (SSSR count). The van der Waals surface area contributed by atoms with Gasteiger partial charge in [0.1, 0.15) is 0 Å². The van der Waals surface area contributed by atoms with Gasteiger partial charge in [-0.3, -0.25) is 14.9 Å². The van der Waals surface area contributed by atoms with E-state index in [0.717, 1.165) is 12.0 Å². The summed E-state index contributed by atoms with van der Waals surface area (Å²) < 4.78 is 5.35. The molecule has 0 aliphatic heterocycles. The van der Waals surface area contributed by atoms with Crippen molar-refractivity contribution in [1.82, 2.24) is 10.6 Å². The molecule has 6 heteroatoms. The van der Waals surface area contributed by atoms with Crippen LogP contribution in [0.4, 0.5) is 4.79 Å². The monoisotopic (exact) mass is 362 g/mol. The number of rotatable bonds is 6. The molecule has 0 heterocycles. The fraction of sp³-hybridized carbons (Fsp3) is 0.550. The Hall–Kier alpha value is -2.37. The van der Waals surface area contributed by atoms with E-state index in [2.05, 4.69) is 10.6 Å². The summed E-state index contributed by atoms with van der Waals surface area (Å²) in [5.74, 6) is -1.52. The highest BCUT2D eigenvalue weighted by Gasteiger charge is 2.30. The Balaban J connectivity index is 2.76. The first-order valence-electron chi connectivity index (χ1n) is 8.93. The van der Waals surface area contributed by atoms with Gasteiger partial charge in [0.25, 0.3) is 5.91 Å². The van der Waals surface area contributed by atoms with Gasteiger partial charge in [-0.05, 0) is 39.2 Å². The van der Waals surface area contributed by atoms with Crippen molar-refractivity contribution in [1.29, 1.82) is 0 Å². The summed E-state index contributed by atoms with van der Waals surface area (Å²) in [5.41, 5.74) is 0.379. The van der Waals surface area contributed by atoms with Gasteiger partial charge < -0.3 is 10.1 Å². The van der Waals surface area contributed by atoms with E-state index < -0.39 is 35.5 Å². The van der Waals surface area contributed by atoms with E-state index >= 15 is 0 Å². The summed E-state index contributed by atoms with van der Waals surface area (Å²) in [7, 11) is 0. The summed E-state index contributed by atoms with van der Waals surface area (Å²) >= 11 is 0. The lowest BCUT2D eigenvalue weighted by Crippen LogP contribution is -2.50. The first-order chi connectivity index (χ1) is 12.0. The van der Waals surface area contributed by atoms with Crippen LogP contribution >= 0.6 is 0 Å². The molecular formula is C20H30N2O4. The highest BCUT2D eigenvalue weighted by atomic mass is 16.5. The van der Waals surface area contributed by atoms with E-state index in [1.165, 1.54) is 6.92 Å². The minimum absolute atomic E-state index is 0.0596. The summed E-state index contributed by atoms with van der Waals surface area (Å²) in [6, 6.07) is 8.74. The maximum atomic E-state index is 12.7. The third-order valence-electron chi connectivity index (χ3n) is 4.01. The van der Waals surface area contributed by atoms with Gasteiger partial charge in [-0.25, -0.2) is 4.79 Å². The molecule has 144 valence electrons. The Labute approximate surface area is 155 Å². The van der Waals surface area contributed by atoms with Gasteiger partial charge in [0, 0.05) is 5.54 Å². The molecule has 0 radical (unpaired) electrons. The van der Waals surface area contributed by atoms with Gasteiger partial charge >= 0.3 is 12.0 Å². The van der Waals surface area contributed by atoms with Crippen molar-refractivity contribution in [2.75, 3.05) is 0 Å². The van der Waals surface area contributed by atoms with Gasteiger partial charge in [0.05, 0.1) is 5.92 Å². The zero-order valence-corrected chi connectivity index (χ0v) is 16.5. The van der Waals surface area contributed by atoms with Crippen molar-refractivity contribution in [3.63, 3.8) is 0 Å². The molecule has 0 fully saturated rings. The standard InChI is InChI=1S/C20H30N2O4/c1-7-13(2)16(15-11-9-8-10-12-15)18(24)26-14(3)17(23)21-19(25)22-20(4,5)6/h8-14,16H,7H2,1-6H3,(H2,21,22,23,25)/t13-,14-,16-/m0/s1. The van der Waals surface area contributed by atoms with Crippen LogP contribution in [-0.2, 0) is 14.3 Å². The highest BCUT2D eigenvalue weighted by molar-refractivity contribution is 5.97. The van der Waals surface area contributed by atoms with Crippen molar-refractivity contribution >= 4 is 17.9 Å². The topological polar surface area (TPSA) is 84.5 Å². The lowest BCUT2D eigenvalue weighted by molar-refractivity contribution is -0.157. The fourth-order valence-corrected chi connectivity index (χ4v) is 2.48. The molecule has 0 aromatic heterocycles. The third kappa shape index (κ3) is 6.86. The number of carbonyl (C=O) groups excluding carboxylic acids is 3. The van der Waals surface area contributed by atoms with Crippen LogP contribution < -0.4 is 10.6 Å². The zero-order valence-electron chi connectivity index (χ0n) is 16.5. The predicted molar refractivity (Wildman–Crippen MR) is 101 cm³/mol. The van der Waals surface area contributed by atoms with E-state index in [1.807, 2.05) is 44.2 Å². The van der Waals surface area contributed by atoms with Gasteiger partial charge in [0.15, 0.2) is 6.10 Å². The maximum Gasteiger partial charge on any atom is 0.321 e. The number of amides is 3. The minimum Gasteiger partial charge on any atom is -0.452 e. The normalized spacial score (nSPS) is 14.7. The average molecular weight is 362 g/mol. The van der Waals surface area contributed by atoms with Gasteiger partial charge in [-0.15, -0.1) is 0 Å². The Morgan fingerprint density at radius 3 is 2.15 bits per heavy atom. The molecule has 1 aromatic carbocycles. The third-order valence-corrected chi connectivity index (χ3v) is 4.01. The summed E-state index contributed by atoms with van der Waals surface area (Å²) in [5, 5.41) is 4.82. The number of nitrogens with one attached hydrogen (secondary N) is 2. The van der Waals surface area contributed by atoms with E-state index in [9.17, 15) is 14.4 Å². The van der Waals surface area contributed by atoms with E-state index in [1.54, 1.807) is 20.8 Å². The molecule has 6 nitrogen and oxygen atoms in total. The average Bonchev–Trinajstić information content (AvgIpc) is 2.53. The van der Waals surface area contributed by atoms with Crippen LogP contribution in [0.25, 0.3) is 0 Å². The van der Waals surface area contributed by atoms with E-state index in [-0.39, 0.29) is 5.92 Å². The number of benzene rings is 1. The predicted octanol–water partition coefficient (Wildman–Crippen LogP) is 3.37. The number of urea groups is 1. The first-order valence-corrected chi connectivity index (χ1v) is 8.93. The number of hydrogen-bond acceptors (Lipinski definition) is 4. The van der Waals surface area contributed by atoms with Crippen LogP contribution in [0.15, 0.2) is 30.3 Å². The Morgan fingerprint density at radius 1 is 1.08 bits per heavy atom. The molecule has 0 spiro atoms. The largest absolute Gasteiger partial charge is 0.452 e. The second-order valence-electron chi connectivity index (χ2n) is 7.55. The Bertz CT molecular complexity index is 622. The number of carbonyl (C=O) groups is 3.